The van der Waals surface area contributed by atoms with Crippen molar-refractivity contribution < 1.29 is 18.9 Å². The molecule has 0 amide bonds. The van der Waals surface area contributed by atoms with Crippen molar-refractivity contribution in [3.05, 3.63) is 42.5 Å². The number of ether oxygens (including phenoxy) is 4. The highest BCUT2D eigenvalue weighted by Gasteiger charge is 2.19. The van der Waals surface area contributed by atoms with E-state index in [-0.39, 0.29) is 12.4 Å². The molecule has 1 aliphatic rings. The Bertz CT molecular complexity index is 423. The lowest BCUT2D eigenvalue weighted by molar-refractivity contribution is -0.197. The van der Waals surface area contributed by atoms with Gasteiger partial charge in [0.05, 0.1) is 26.4 Å². The fourth-order valence-electron chi connectivity index (χ4n) is 2.41. The molecule has 0 saturated carbocycles. The second-order valence-electron chi connectivity index (χ2n) is 5.44. The predicted octanol–water partition coefficient (Wildman–Crippen LogP) is 3.70. The first-order valence-corrected chi connectivity index (χ1v) is 7.90. The van der Waals surface area contributed by atoms with E-state index in [4.69, 9.17) is 18.9 Å². The molecule has 1 aliphatic heterocycles. The molecule has 0 spiro atoms. The van der Waals surface area contributed by atoms with E-state index in [1.807, 2.05) is 30.3 Å². The zero-order valence-corrected chi connectivity index (χ0v) is 13.3. The minimum absolute atomic E-state index is 0.00107. The number of benzene rings is 1. The van der Waals surface area contributed by atoms with E-state index < -0.39 is 0 Å². The highest BCUT2D eigenvalue weighted by atomic mass is 16.7. The first-order chi connectivity index (χ1) is 10.8. The Hall–Kier alpha value is -1.36. The zero-order chi connectivity index (χ0) is 15.6. The molecule has 0 N–H and O–H groups in total. The normalized spacial score (nSPS) is 19.6. The SMILES string of the molecule is C=CC[C@H](COCc1ccc(OC)cc1)O[C@H]1CCCCO1. The molecular formula is C18H26O4. The van der Waals surface area contributed by atoms with Crippen molar-refractivity contribution in [2.45, 2.75) is 44.7 Å². The van der Waals surface area contributed by atoms with Gasteiger partial charge in [0, 0.05) is 6.61 Å². The van der Waals surface area contributed by atoms with Crippen LogP contribution in [-0.4, -0.2) is 32.7 Å². The van der Waals surface area contributed by atoms with E-state index in [0.717, 1.165) is 43.6 Å². The first kappa shape index (κ1) is 17.0. The van der Waals surface area contributed by atoms with Gasteiger partial charge in [0.25, 0.3) is 0 Å². The van der Waals surface area contributed by atoms with Crippen LogP contribution in [0.3, 0.4) is 0 Å². The fourth-order valence-corrected chi connectivity index (χ4v) is 2.41. The molecule has 22 heavy (non-hydrogen) atoms. The Morgan fingerprint density at radius 2 is 2.14 bits per heavy atom. The Morgan fingerprint density at radius 1 is 1.32 bits per heavy atom. The summed E-state index contributed by atoms with van der Waals surface area (Å²) in [7, 11) is 1.66. The molecule has 1 saturated heterocycles. The lowest BCUT2D eigenvalue weighted by Gasteiger charge is -2.27. The highest BCUT2D eigenvalue weighted by molar-refractivity contribution is 5.26. The van der Waals surface area contributed by atoms with Crippen LogP contribution in [0, 0.1) is 0 Å². The fraction of sp³-hybridized carbons (Fsp3) is 0.556. The maximum absolute atomic E-state index is 5.97. The van der Waals surface area contributed by atoms with E-state index in [1.165, 1.54) is 0 Å². The van der Waals surface area contributed by atoms with E-state index >= 15 is 0 Å². The third-order valence-corrected chi connectivity index (χ3v) is 3.64. The second-order valence-corrected chi connectivity index (χ2v) is 5.44. The maximum Gasteiger partial charge on any atom is 0.158 e. The van der Waals surface area contributed by atoms with Gasteiger partial charge in [-0.1, -0.05) is 18.2 Å². The lowest BCUT2D eigenvalue weighted by atomic mass is 10.2. The van der Waals surface area contributed by atoms with Crippen LogP contribution in [0.15, 0.2) is 36.9 Å². The average molecular weight is 306 g/mol. The van der Waals surface area contributed by atoms with Crippen molar-refractivity contribution in [3.63, 3.8) is 0 Å². The summed E-state index contributed by atoms with van der Waals surface area (Å²) in [6.45, 7) is 5.68. The third kappa shape index (κ3) is 5.79. The van der Waals surface area contributed by atoms with Gasteiger partial charge in [-0.2, -0.15) is 0 Å². The van der Waals surface area contributed by atoms with Crippen molar-refractivity contribution in [3.8, 4) is 5.75 Å². The lowest BCUT2D eigenvalue weighted by Crippen LogP contribution is -2.30. The van der Waals surface area contributed by atoms with Crippen molar-refractivity contribution >= 4 is 0 Å². The van der Waals surface area contributed by atoms with Crippen molar-refractivity contribution in [2.75, 3.05) is 20.3 Å². The van der Waals surface area contributed by atoms with Gasteiger partial charge in [-0.25, -0.2) is 0 Å². The van der Waals surface area contributed by atoms with Gasteiger partial charge in [-0.05, 0) is 43.4 Å². The monoisotopic (exact) mass is 306 g/mol. The van der Waals surface area contributed by atoms with E-state index in [1.54, 1.807) is 7.11 Å². The third-order valence-electron chi connectivity index (χ3n) is 3.64. The van der Waals surface area contributed by atoms with Gasteiger partial charge >= 0.3 is 0 Å². The first-order valence-electron chi connectivity index (χ1n) is 7.90. The number of methoxy groups -OCH3 is 1. The van der Waals surface area contributed by atoms with Crippen molar-refractivity contribution in [2.24, 2.45) is 0 Å². The smallest absolute Gasteiger partial charge is 0.158 e. The molecule has 0 bridgehead atoms. The molecule has 2 atom stereocenters. The van der Waals surface area contributed by atoms with E-state index in [0.29, 0.717) is 13.2 Å². The number of hydrogen-bond acceptors (Lipinski definition) is 4. The van der Waals surface area contributed by atoms with Gasteiger partial charge in [0.1, 0.15) is 5.75 Å². The van der Waals surface area contributed by atoms with Crippen LogP contribution in [0.25, 0.3) is 0 Å². The molecule has 1 fully saturated rings. The molecule has 1 aromatic rings. The van der Waals surface area contributed by atoms with Crippen LogP contribution in [-0.2, 0) is 20.8 Å². The topological polar surface area (TPSA) is 36.9 Å². The summed E-state index contributed by atoms with van der Waals surface area (Å²) in [5.74, 6) is 0.853. The van der Waals surface area contributed by atoms with Crippen molar-refractivity contribution in [1.82, 2.24) is 0 Å². The summed E-state index contributed by atoms with van der Waals surface area (Å²) in [5, 5.41) is 0. The molecule has 0 aliphatic carbocycles. The minimum Gasteiger partial charge on any atom is -0.497 e. The molecule has 1 heterocycles. The molecule has 122 valence electrons. The quantitative estimate of drug-likeness (QED) is 0.652. The molecule has 4 nitrogen and oxygen atoms in total. The molecule has 0 unspecified atom stereocenters. The Morgan fingerprint density at radius 3 is 2.77 bits per heavy atom. The second kappa shape index (κ2) is 9.62. The minimum atomic E-state index is -0.0942. The van der Waals surface area contributed by atoms with Gasteiger partial charge in [0.15, 0.2) is 6.29 Å². The predicted molar refractivity (Wildman–Crippen MR) is 85.9 cm³/mol. The van der Waals surface area contributed by atoms with Gasteiger partial charge in [0.2, 0.25) is 0 Å². The number of rotatable bonds is 9. The summed E-state index contributed by atoms with van der Waals surface area (Å²) in [5.41, 5.74) is 1.12. The van der Waals surface area contributed by atoms with Crippen LogP contribution in [0.2, 0.25) is 0 Å². The Labute approximate surface area is 133 Å². The van der Waals surface area contributed by atoms with Gasteiger partial charge < -0.3 is 18.9 Å². The van der Waals surface area contributed by atoms with Crippen LogP contribution in [0.5, 0.6) is 5.75 Å². The van der Waals surface area contributed by atoms with Gasteiger partial charge in [-0.3, -0.25) is 0 Å². The summed E-state index contributed by atoms with van der Waals surface area (Å²) in [6, 6.07) is 7.89. The summed E-state index contributed by atoms with van der Waals surface area (Å²) in [6.07, 6.45) is 5.79. The molecule has 4 heteroatoms. The van der Waals surface area contributed by atoms with Crippen LogP contribution >= 0.6 is 0 Å². The standard InChI is InChI=1S/C18H26O4/c1-3-6-17(22-18-7-4-5-12-21-18)14-20-13-15-8-10-16(19-2)11-9-15/h3,8-11,17-18H,1,4-7,12-14H2,2H3/t17-,18+/m1/s1. The van der Waals surface area contributed by atoms with Crippen LogP contribution in [0.1, 0.15) is 31.2 Å². The highest BCUT2D eigenvalue weighted by Crippen LogP contribution is 2.17. The summed E-state index contributed by atoms with van der Waals surface area (Å²) < 4.78 is 22.5. The maximum atomic E-state index is 5.97. The average Bonchev–Trinajstić information content (AvgIpc) is 2.56. The van der Waals surface area contributed by atoms with Crippen LogP contribution in [0.4, 0.5) is 0 Å². The van der Waals surface area contributed by atoms with Crippen molar-refractivity contribution in [1.29, 1.82) is 0 Å². The molecule has 0 aromatic heterocycles. The van der Waals surface area contributed by atoms with E-state index in [9.17, 15) is 0 Å². The van der Waals surface area contributed by atoms with Crippen LogP contribution < -0.4 is 4.74 Å². The number of hydrogen-bond donors (Lipinski definition) is 0. The molecular weight excluding hydrogens is 280 g/mol. The zero-order valence-electron chi connectivity index (χ0n) is 13.3. The Balaban J connectivity index is 1.73. The molecule has 2 rings (SSSR count). The molecule has 0 radical (unpaired) electrons. The summed E-state index contributed by atoms with van der Waals surface area (Å²) in [4.78, 5) is 0. The molecule has 1 aromatic carbocycles. The Kier molecular flexibility index (Phi) is 7.43. The van der Waals surface area contributed by atoms with Gasteiger partial charge in [-0.15, -0.1) is 6.58 Å². The summed E-state index contributed by atoms with van der Waals surface area (Å²) >= 11 is 0. The van der Waals surface area contributed by atoms with E-state index in [2.05, 4.69) is 6.58 Å². The largest absolute Gasteiger partial charge is 0.497 e.